The van der Waals surface area contributed by atoms with Crippen molar-refractivity contribution in [1.82, 2.24) is 14.3 Å². The third kappa shape index (κ3) is 3.32. The maximum absolute atomic E-state index is 13.5. The van der Waals surface area contributed by atoms with E-state index in [9.17, 15) is 8.42 Å². The lowest BCUT2D eigenvalue weighted by Crippen LogP contribution is -2.48. The molecule has 5 aromatic rings. The van der Waals surface area contributed by atoms with Crippen molar-refractivity contribution < 1.29 is 8.42 Å². The van der Waals surface area contributed by atoms with Crippen LogP contribution in [0.15, 0.2) is 90.0 Å². The number of sulfonamides is 1. The summed E-state index contributed by atoms with van der Waals surface area (Å²) in [6.45, 7) is 2.04. The van der Waals surface area contributed by atoms with Gasteiger partial charge in [0.2, 0.25) is 10.0 Å². The van der Waals surface area contributed by atoms with Gasteiger partial charge in [0.1, 0.15) is 4.90 Å². The Morgan fingerprint density at radius 2 is 1.33 bits per heavy atom. The largest absolute Gasteiger partial charge is 0.368 e. The van der Waals surface area contributed by atoms with E-state index in [-0.39, 0.29) is 4.90 Å². The van der Waals surface area contributed by atoms with E-state index in [2.05, 4.69) is 22.0 Å². The zero-order valence-corrected chi connectivity index (χ0v) is 18.7. The van der Waals surface area contributed by atoms with Gasteiger partial charge < -0.3 is 4.90 Å². The van der Waals surface area contributed by atoms with Crippen molar-refractivity contribution in [2.24, 2.45) is 0 Å². The van der Waals surface area contributed by atoms with E-state index in [0.29, 0.717) is 31.7 Å². The van der Waals surface area contributed by atoms with Crippen LogP contribution in [-0.2, 0) is 10.0 Å². The summed E-state index contributed by atoms with van der Waals surface area (Å²) in [6.07, 6.45) is 1.64. The minimum absolute atomic E-state index is 0.272. The Bertz CT molecular complexity index is 1550. The molecule has 0 spiro atoms. The first-order chi connectivity index (χ1) is 16.1. The van der Waals surface area contributed by atoms with Gasteiger partial charge in [0.05, 0.1) is 22.2 Å². The molecule has 3 heterocycles. The Morgan fingerprint density at radius 3 is 2.03 bits per heavy atom. The number of rotatable bonds is 3. The number of hydrogen-bond donors (Lipinski definition) is 0. The second-order valence-corrected chi connectivity index (χ2v) is 10.1. The summed E-state index contributed by atoms with van der Waals surface area (Å²) >= 11 is 0. The van der Waals surface area contributed by atoms with Gasteiger partial charge in [-0.3, -0.25) is 4.98 Å². The van der Waals surface area contributed by atoms with Crippen molar-refractivity contribution in [3.05, 3.63) is 85.1 Å². The number of pyridine rings is 2. The highest BCUT2D eigenvalue weighted by Crippen LogP contribution is 2.35. The number of para-hydroxylation sites is 3. The average Bonchev–Trinajstić information content (AvgIpc) is 2.87. The van der Waals surface area contributed by atoms with Gasteiger partial charge in [-0.15, -0.1) is 0 Å². The Hall–Kier alpha value is -3.55. The van der Waals surface area contributed by atoms with Crippen LogP contribution in [0.4, 0.5) is 5.69 Å². The van der Waals surface area contributed by atoms with Crippen LogP contribution in [0.2, 0.25) is 0 Å². The van der Waals surface area contributed by atoms with Gasteiger partial charge in [0.15, 0.2) is 0 Å². The smallest absolute Gasteiger partial charge is 0.245 e. The van der Waals surface area contributed by atoms with Crippen LogP contribution in [0.5, 0.6) is 0 Å². The van der Waals surface area contributed by atoms with Crippen LogP contribution < -0.4 is 4.90 Å². The molecular weight excluding hydrogens is 432 g/mol. The maximum atomic E-state index is 13.5. The molecule has 33 heavy (non-hydrogen) atoms. The van der Waals surface area contributed by atoms with Crippen molar-refractivity contribution >= 4 is 48.4 Å². The van der Waals surface area contributed by atoms with E-state index in [1.54, 1.807) is 22.6 Å². The zero-order valence-electron chi connectivity index (χ0n) is 17.9. The van der Waals surface area contributed by atoms with Crippen molar-refractivity contribution in [2.75, 3.05) is 31.1 Å². The molecule has 0 atom stereocenters. The molecule has 0 radical (unpaired) electrons. The molecule has 1 aliphatic rings. The zero-order chi connectivity index (χ0) is 22.4. The summed E-state index contributed by atoms with van der Waals surface area (Å²) in [5.41, 5.74) is 3.54. The van der Waals surface area contributed by atoms with E-state index < -0.39 is 10.0 Å². The Morgan fingerprint density at radius 1 is 0.697 bits per heavy atom. The van der Waals surface area contributed by atoms with Gasteiger partial charge in [-0.2, -0.15) is 4.31 Å². The Labute approximate surface area is 192 Å². The lowest BCUT2D eigenvalue weighted by molar-refractivity contribution is 0.386. The molecule has 0 N–H and O–H groups in total. The fraction of sp³-hybridized carbons (Fsp3) is 0.154. The van der Waals surface area contributed by atoms with Crippen molar-refractivity contribution in [3.8, 4) is 0 Å². The Kier molecular flexibility index (Phi) is 4.74. The van der Waals surface area contributed by atoms with E-state index in [1.165, 1.54) is 0 Å². The molecule has 1 aliphatic heterocycles. The standard InChI is InChI=1S/C26H22N4O2S/c31-33(32,24-13-5-7-19-8-6-14-27-25(19)24)30-17-15-29(16-18-30)26-20-9-1-3-11-22(20)28-23-12-4-2-10-21(23)26/h1-14H,15-18H2. The summed E-state index contributed by atoms with van der Waals surface area (Å²) in [5.74, 6) is 0. The van der Waals surface area contributed by atoms with Crippen LogP contribution in [0.25, 0.3) is 32.7 Å². The highest BCUT2D eigenvalue weighted by atomic mass is 32.2. The van der Waals surface area contributed by atoms with Gasteiger partial charge >= 0.3 is 0 Å². The van der Waals surface area contributed by atoms with Gasteiger partial charge in [-0.1, -0.05) is 54.6 Å². The molecule has 0 amide bonds. The van der Waals surface area contributed by atoms with Gasteiger partial charge in [0.25, 0.3) is 0 Å². The molecular formula is C26H22N4O2S. The number of nitrogens with zero attached hydrogens (tertiary/aromatic N) is 4. The fourth-order valence-electron chi connectivity index (χ4n) is 4.73. The number of fused-ring (bicyclic) bond motifs is 3. The predicted molar refractivity (Wildman–Crippen MR) is 132 cm³/mol. The highest BCUT2D eigenvalue weighted by Gasteiger charge is 2.31. The highest BCUT2D eigenvalue weighted by molar-refractivity contribution is 7.89. The molecule has 0 aliphatic carbocycles. The van der Waals surface area contributed by atoms with E-state index in [1.807, 2.05) is 54.6 Å². The number of hydrogen-bond acceptors (Lipinski definition) is 5. The quantitative estimate of drug-likeness (QED) is 0.377. The third-order valence-corrected chi connectivity index (χ3v) is 8.26. The molecule has 7 heteroatoms. The minimum atomic E-state index is -3.65. The van der Waals surface area contributed by atoms with Gasteiger partial charge in [0, 0.05) is 48.5 Å². The van der Waals surface area contributed by atoms with E-state index >= 15 is 0 Å². The Balaban J connectivity index is 1.36. The summed E-state index contributed by atoms with van der Waals surface area (Å²) in [6, 6.07) is 25.3. The third-order valence-electron chi connectivity index (χ3n) is 6.33. The van der Waals surface area contributed by atoms with Gasteiger partial charge in [-0.25, -0.2) is 13.4 Å². The molecule has 0 saturated carbocycles. The molecule has 1 saturated heterocycles. The van der Waals surface area contributed by atoms with Crippen molar-refractivity contribution in [1.29, 1.82) is 0 Å². The van der Waals surface area contributed by atoms with E-state index in [4.69, 9.17) is 4.98 Å². The average molecular weight is 455 g/mol. The number of aromatic nitrogens is 2. The first-order valence-corrected chi connectivity index (χ1v) is 12.4. The summed E-state index contributed by atoms with van der Waals surface area (Å²) in [5, 5.41) is 3.00. The molecule has 6 rings (SSSR count). The number of anilines is 1. The second-order valence-electron chi connectivity index (χ2n) is 8.22. The van der Waals surface area contributed by atoms with Crippen LogP contribution in [0, 0.1) is 0 Å². The normalized spacial score (nSPS) is 15.5. The van der Waals surface area contributed by atoms with E-state index in [0.717, 1.165) is 32.9 Å². The predicted octanol–water partition coefficient (Wildman–Crippen LogP) is 4.45. The van der Waals surface area contributed by atoms with Crippen molar-refractivity contribution in [3.63, 3.8) is 0 Å². The fourth-order valence-corrected chi connectivity index (χ4v) is 6.32. The maximum Gasteiger partial charge on any atom is 0.245 e. The van der Waals surface area contributed by atoms with Crippen LogP contribution in [0.3, 0.4) is 0 Å². The summed E-state index contributed by atoms with van der Waals surface area (Å²) < 4.78 is 28.6. The molecule has 0 bridgehead atoms. The molecule has 3 aromatic carbocycles. The molecule has 1 fully saturated rings. The molecule has 0 unspecified atom stereocenters. The lowest BCUT2D eigenvalue weighted by Gasteiger charge is -2.36. The molecule has 6 nitrogen and oxygen atoms in total. The van der Waals surface area contributed by atoms with Crippen LogP contribution in [0.1, 0.15) is 0 Å². The SMILES string of the molecule is O=S(=O)(c1cccc2cccnc12)N1CCN(c2c3ccccc3nc3ccccc23)CC1. The van der Waals surface area contributed by atoms with Crippen LogP contribution >= 0.6 is 0 Å². The lowest BCUT2D eigenvalue weighted by atomic mass is 10.1. The summed E-state index contributed by atoms with van der Waals surface area (Å²) in [7, 11) is -3.65. The first kappa shape index (κ1) is 20.1. The monoisotopic (exact) mass is 454 g/mol. The van der Waals surface area contributed by atoms with Crippen molar-refractivity contribution in [2.45, 2.75) is 4.90 Å². The molecule has 2 aromatic heterocycles. The minimum Gasteiger partial charge on any atom is -0.368 e. The second kappa shape index (κ2) is 7.79. The first-order valence-electron chi connectivity index (χ1n) is 11.0. The topological polar surface area (TPSA) is 66.4 Å². The number of piperazine rings is 1. The van der Waals surface area contributed by atoms with Gasteiger partial charge in [-0.05, 0) is 24.3 Å². The summed E-state index contributed by atoms with van der Waals surface area (Å²) in [4.78, 5) is 11.7. The molecule has 164 valence electrons. The van der Waals surface area contributed by atoms with Crippen LogP contribution in [-0.4, -0.2) is 48.9 Å². The number of benzene rings is 3.